The van der Waals surface area contributed by atoms with Gasteiger partial charge < -0.3 is 9.84 Å². The molecule has 110 valence electrons. The summed E-state index contributed by atoms with van der Waals surface area (Å²) >= 11 is 5.15. The van der Waals surface area contributed by atoms with Crippen molar-refractivity contribution in [3.8, 4) is 0 Å². The maximum atomic E-state index is 11.4. The molecule has 5 heteroatoms. The number of hydrogen-bond acceptors (Lipinski definition) is 4. The molecule has 0 heterocycles. The number of thioether (sulfide) groups is 1. The fourth-order valence-electron chi connectivity index (χ4n) is 2.14. The maximum Gasteiger partial charge on any atom is 0.306 e. The predicted octanol–water partition coefficient (Wildman–Crippen LogP) is 3.94. The van der Waals surface area contributed by atoms with Gasteiger partial charge in [-0.15, -0.1) is 11.8 Å². The summed E-state index contributed by atoms with van der Waals surface area (Å²) in [5, 5.41) is 9.85. The van der Waals surface area contributed by atoms with Gasteiger partial charge in [-0.25, -0.2) is 0 Å². The molecule has 1 aromatic carbocycles. The smallest absolute Gasteiger partial charge is 0.306 e. The average Bonchev–Trinajstić information content (AvgIpc) is 3.17. The molecule has 0 radical (unpaired) electrons. The van der Waals surface area contributed by atoms with Gasteiger partial charge in [-0.3, -0.25) is 4.79 Å². The molecule has 1 atom stereocenters. The number of hydrogen-bond donors (Lipinski definition) is 1. The highest BCUT2D eigenvalue weighted by atomic mass is 79.9. The number of carbonyl (C=O) groups is 1. The summed E-state index contributed by atoms with van der Waals surface area (Å²) in [6.07, 6.45) is 2.16. The van der Waals surface area contributed by atoms with Crippen LogP contribution in [-0.4, -0.2) is 23.9 Å². The van der Waals surface area contributed by atoms with Gasteiger partial charge in [0.2, 0.25) is 0 Å². The van der Waals surface area contributed by atoms with E-state index in [9.17, 15) is 9.90 Å². The number of ether oxygens (including phenoxy) is 1. The molecule has 1 fully saturated rings. The summed E-state index contributed by atoms with van der Waals surface area (Å²) in [5.41, 5.74) is 1.03. The second kappa shape index (κ2) is 6.50. The molecule has 20 heavy (non-hydrogen) atoms. The van der Waals surface area contributed by atoms with E-state index in [1.807, 2.05) is 18.2 Å². The van der Waals surface area contributed by atoms with Crippen LogP contribution in [0.3, 0.4) is 0 Å². The Kier molecular flexibility index (Phi) is 5.15. The third-order valence-corrected chi connectivity index (χ3v) is 5.59. The van der Waals surface area contributed by atoms with Crippen LogP contribution >= 0.6 is 27.7 Å². The predicted molar refractivity (Wildman–Crippen MR) is 83.8 cm³/mol. The molecule has 0 aliphatic heterocycles. The van der Waals surface area contributed by atoms with Crippen molar-refractivity contribution in [3.05, 3.63) is 28.2 Å². The first kappa shape index (κ1) is 15.9. The monoisotopic (exact) mass is 358 g/mol. The van der Waals surface area contributed by atoms with Gasteiger partial charge in [-0.1, -0.05) is 15.9 Å². The van der Waals surface area contributed by atoms with Crippen molar-refractivity contribution < 1.29 is 14.6 Å². The van der Waals surface area contributed by atoms with E-state index in [2.05, 4.69) is 15.9 Å². The molecule has 0 amide bonds. The van der Waals surface area contributed by atoms with E-state index in [1.54, 1.807) is 18.7 Å². The molecule has 2 rings (SSSR count). The van der Waals surface area contributed by atoms with Gasteiger partial charge in [-0.05, 0) is 48.9 Å². The van der Waals surface area contributed by atoms with Crippen LogP contribution in [0.4, 0.5) is 0 Å². The number of aliphatic hydroxyl groups is 1. The van der Waals surface area contributed by atoms with Gasteiger partial charge in [0.1, 0.15) is 0 Å². The highest BCUT2D eigenvalue weighted by Crippen LogP contribution is 2.52. The SMILES string of the molecule is COC(=O)CC1(CSc2ccc(Br)cc2C(C)O)CC1. The van der Waals surface area contributed by atoms with Crippen LogP contribution in [0.25, 0.3) is 0 Å². The Morgan fingerprint density at radius 3 is 2.80 bits per heavy atom. The topological polar surface area (TPSA) is 46.5 Å². The van der Waals surface area contributed by atoms with Gasteiger partial charge in [-0.2, -0.15) is 0 Å². The van der Waals surface area contributed by atoms with Gasteiger partial charge in [0.25, 0.3) is 0 Å². The lowest BCUT2D eigenvalue weighted by molar-refractivity contribution is -0.141. The van der Waals surface area contributed by atoms with E-state index in [1.165, 1.54) is 7.11 Å². The van der Waals surface area contributed by atoms with Crippen LogP contribution in [0.2, 0.25) is 0 Å². The molecular formula is C15H19BrO3S. The Labute approximate surface area is 132 Å². The van der Waals surface area contributed by atoms with Gasteiger partial charge >= 0.3 is 5.97 Å². The molecule has 0 spiro atoms. The zero-order valence-corrected chi connectivity index (χ0v) is 14.1. The number of carbonyl (C=O) groups excluding carboxylic acids is 1. The van der Waals surface area contributed by atoms with Crippen LogP contribution in [0.15, 0.2) is 27.6 Å². The molecule has 1 saturated carbocycles. The zero-order chi connectivity index (χ0) is 14.8. The number of halogens is 1. The summed E-state index contributed by atoms with van der Waals surface area (Å²) < 4.78 is 5.73. The first-order chi connectivity index (χ1) is 9.46. The van der Waals surface area contributed by atoms with Crippen molar-refractivity contribution in [3.63, 3.8) is 0 Å². The summed E-state index contributed by atoms with van der Waals surface area (Å²) in [4.78, 5) is 12.5. The minimum absolute atomic E-state index is 0.0980. The fraction of sp³-hybridized carbons (Fsp3) is 0.533. The van der Waals surface area contributed by atoms with E-state index >= 15 is 0 Å². The second-order valence-electron chi connectivity index (χ2n) is 5.40. The normalized spacial score (nSPS) is 17.6. The molecule has 1 aliphatic carbocycles. The van der Waals surface area contributed by atoms with Crippen molar-refractivity contribution in [2.45, 2.75) is 37.2 Å². The molecule has 0 saturated heterocycles. The number of benzene rings is 1. The average molecular weight is 359 g/mol. The quantitative estimate of drug-likeness (QED) is 0.617. The van der Waals surface area contributed by atoms with Crippen molar-refractivity contribution in [2.75, 3.05) is 12.9 Å². The minimum Gasteiger partial charge on any atom is -0.469 e. The van der Waals surface area contributed by atoms with Gasteiger partial charge in [0.15, 0.2) is 0 Å². The second-order valence-corrected chi connectivity index (χ2v) is 7.33. The van der Waals surface area contributed by atoms with Gasteiger partial charge in [0.05, 0.1) is 19.6 Å². The number of esters is 1. The molecule has 1 aromatic rings. The summed E-state index contributed by atoms with van der Waals surface area (Å²) in [6.45, 7) is 1.77. The molecule has 3 nitrogen and oxygen atoms in total. The third kappa shape index (κ3) is 3.99. The fourth-order valence-corrected chi connectivity index (χ4v) is 3.93. The lowest BCUT2D eigenvalue weighted by atomic mass is 10.1. The Morgan fingerprint density at radius 1 is 1.55 bits per heavy atom. The zero-order valence-electron chi connectivity index (χ0n) is 11.7. The highest BCUT2D eigenvalue weighted by molar-refractivity contribution is 9.10. The number of aliphatic hydroxyl groups excluding tert-OH is 1. The summed E-state index contributed by atoms with van der Waals surface area (Å²) in [5.74, 6) is 0.762. The number of methoxy groups -OCH3 is 1. The Morgan fingerprint density at radius 2 is 2.25 bits per heavy atom. The summed E-state index contributed by atoms with van der Waals surface area (Å²) in [7, 11) is 1.44. The van der Waals surface area contributed by atoms with Crippen molar-refractivity contribution in [2.24, 2.45) is 5.41 Å². The van der Waals surface area contributed by atoms with E-state index in [0.717, 1.165) is 33.5 Å². The maximum absolute atomic E-state index is 11.4. The number of rotatable bonds is 6. The van der Waals surface area contributed by atoms with Crippen LogP contribution in [-0.2, 0) is 9.53 Å². The van der Waals surface area contributed by atoms with E-state index < -0.39 is 6.10 Å². The molecule has 1 aliphatic rings. The molecule has 1 N–H and O–H groups in total. The van der Waals surface area contributed by atoms with Gasteiger partial charge in [0, 0.05) is 15.1 Å². The standard InChI is InChI=1S/C15H19BrO3S/c1-10(17)12-7-11(16)3-4-13(12)20-9-15(5-6-15)8-14(18)19-2/h3-4,7,10,17H,5-6,8-9H2,1-2H3. The van der Waals surface area contributed by atoms with Crippen molar-refractivity contribution >= 4 is 33.7 Å². The largest absolute Gasteiger partial charge is 0.469 e. The lowest BCUT2D eigenvalue weighted by Gasteiger charge is -2.16. The Balaban J connectivity index is 2.02. The molecule has 0 bridgehead atoms. The first-order valence-electron chi connectivity index (χ1n) is 6.63. The summed E-state index contributed by atoms with van der Waals surface area (Å²) in [6, 6.07) is 5.95. The Hall–Kier alpha value is -0.520. The van der Waals surface area contributed by atoms with Crippen LogP contribution in [0.5, 0.6) is 0 Å². The molecule has 1 unspecified atom stereocenters. The highest BCUT2D eigenvalue weighted by Gasteiger charge is 2.44. The van der Waals surface area contributed by atoms with Crippen LogP contribution < -0.4 is 0 Å². The molecule has 0 aromatic heterocycles. The Bertz CT molecular complexity index is 498. The van der Waals surface area contributed by atoms with Crippen molar-refractivity contribution in [1.29, 1.82) is 0 Å². The first-order valence-corrected chi connectivity index (χ1v) is 8.41. The van der Waals surface area contributed by atoms with Crippen LogP contribution in [0, 0.1) is 5.41 Å². The van der Waals surface area contributed by atoms with Crippen LogP contribution in [0.1, 0.15) is 37.9 Å². The van der Waals surface area contributed by atoms with E-state index in [0.29, 0.717) is 6.42 Å². The van der Waals surface area contributed by atoms with Crippen molar-refractivity contribution in [1.82, 2.24) is 0 Å². The molecular weight excluding hydrogens is 340 g/mol. The van der Waals surface area contributed by atoms with E-state index in [4.69, 9.17) is 4.74 Å². The lowest BCUT2D eigenvalue weighted by Crippen LogP contribution is -2.13. The van der Waals surface area contributed by atoms with E-state index in [-0.39, 0.29) is 11.4 Å². The third-order valence-electron chi connectivity index (χ3n) is 3.66. The minimum atomic E-state index is -0.495.